The first kappa shape index (κ1) is 21.1. The largest absolute Gasteiger partial charge is 0.497 e. The van der Waals surface area contributed by atoms with Crippen LogP contribution < -0.4 is 9.47 Å². The number of pyridine rings is 1. The molecule has 1 atom stereocenters. The van der Waals surface area contributed by atoms with Crippen LogP contribution in [0.3, 0.4) is 0 Å². The summed E-state index contributed by atoms with van der Waals surface area (Å²) in [6.45, 7) is 1.09. The Morgan fingerprint density at radius 1 is 1.24 bits per heavy atom. The normalized spacial score (nSPS) is 17.1. The van der Waals surface area contributed by atoms with Gasteiger partial charge in [-0.1, -0.05) is 0 Å². The van der Waals surface area contributed by atoms with Gasteiger partial charge in [0.25, 0.3) is 0 Å². The topological polar surface area (TPSA) is 85.8 Å². The lowest BCUT2D eigenvalue weighted by Crippen LogP contribution is -2.40. The van der Waals surface area contributed by atoms with Crippen molar-refractivity contribution in [1.29, 1.82) is 0 Å². The molecule has 0 aliphatic carbocycles. The van der Waals surface area contributed by atoms with Gasteiger partial charge in [0, 0.05) is 37.0 Å². The number of benzene rings is 1. The molecule has 0 radical (unpaired) electrons. The van der Waals surface area contributed by atoms with Gasteiger partial charge in [-0.05, 0) is 43.2 Å². The molecule has 3 rings (SSSR count). The highest BCUT2D eigenvalue weighted by atomic mass is 32.2. The van der Waals surface area contributed by atoms with Gasteiger partial charge < -0.3 is 14.4 Å². The van der Waals surface area contributed by atoms with Crippen molar-refractivity contribution in [2.75, 3.05) is 33.6 Å². The van der Waals surface area contributed by atoms with E-state index in [1.54, 1.807) is 55.6 Å². The SMILES string of the molecule is COc1ccc(OC)c(CC(=O)N2CCCC(c3ncccc3S(C)(=O)=O)C2)c1. The second-order valence-electron chi connectivity index (χ2n) is 7.19. The number of aromatic nitrogens is 1. The van der Waals surface area contributed by atoms with E-state index in [9.17, 15) is 13.2 Å². The lowest BCUT2D eigenvalue weighted by molar-refractivity contribution is -0.131. The first-order valence-electron chi connectivity index (χ1n) is 9.47. The summed E-state index contributed by atoms with van der Waals surface area (Å²) in [4.78, 5) is 19.4. The van der Waals surface area contributed by atoms with Crippen molar-refractivity contribution in [3.63, 3.8) is 0 Å². The number of amides is 1. The average molecular weight is 419 g/mol. The molecule has 7 nitrogen and oxygen atoms in total. The van der Waals surface area contributed by atoms with Crippen LogP contribution in [0.5, 0.6) is 11.5 Å². The quantitative estimate of drug-likeness (QED) is 0.716. The van der Waals surface area contributed by atoms with E-state index in [2.05, 4.69) is 4.98 Å². The fourth-order valence-electron chi connectivity index (χ4n) is 3.74. The number of carbonyl (C=O) groups excluding carboxylic acids is 1. The zero-order valence-corrected chi connectivity index (χ0v) is 17.7. The molecular weight excluding hydrogens is 392 g/mol. The number of carbonyl (C=O) groups is 1. The third kappa shape index (κ3) is 4.87. The summed E-state index contributed by atoms with van der Waals surface area (Å²) >= 11 is 0. The van der Waals surface area contributed by atoms with E-state index in [1.807, 2.05) is 0 Å². The zero-order chi connectivity index (χ0) is 21.0. The number of hydrogen-bond donors (Lipinski definition) is 0. The molecule has 29 heavy (non-hydrogen) atoms. The number of rotatable bonds is 6. The number of methoxy groups -OCH3 is 2. The number of nitrogens with zero attached hydrogens (tertiary/aromatic N) is 2. The lowest BCUT2D eigenvalue weighted by atomic mass is 9.93. The summed E-state index contributed by atoms with van der Waals surface area (Å²) in [7, 11) is -0.234. The first-order valence-corrected chi connectivity index (χ1v) is 11.4. The second-order valence-corrected chi connectivity index (χ2v) is 9.18. The summed E-state index contributed by atoms with van der Waals surface area (Å²) in [5.74, 6) is 1.16. The maximum Gasteiger partial charge on any atom is 0.227 e. The molecule has 0 N–H and O–H groups in total. The second kappa shape index (κ2) is 8.82. The highest BCUT2D eigenvalue weighted by molar-refractivity contribution is 7.90. The van der Waals surface area contributed by atoms with E-state index in [-0.39, 0.29) is 23.1 Å². The van der Waals surface area contributed by atoms with E-state index in [0.29, 0.717) is 30.3 Å². The molecule has 2 aromatic rings. The molecule has 1 fully saturated rings. The number of piperidine rings is 1. The highest BCUT2D eigenvalue weighted by Crippen LogP contribution is 2.31. The third-order valence-electron chi connectivity index (χ3n) is 5.19. The van der Waals surface area contributed by atoms with Crippen LogP contribution in [0.25, 0.3) is 0 Å². The predicted octanol–water partition coefficient (Wildman–Crippen LogP) is 2.45. The molecule has 0 saturated carbocycles. The minimum absolute atomic E-state index is 0.0295. The molecule has 156 valence electrons. The highest BCUT2D eigenvalue weighted by Gasteiger charge is 2.29. The summed E-state index contributed by atoms with van der Waals surface area (Å²) in [5, 5.41) is 0. The number of hydrogen-bond acceptors (Lipinski definition) is 6. The van der Waals surface area contributed by atoms with Gasteiger partial charge in [0.15, 0.2) is 9.84 Å². The first-order chi connectivity index (χ1) is 13.8. The van der Waals surface area contributed by atoms with Crippen LogP contribution in [0.4, 0.5) is 0 Å². The van der Waals surface area contributed by atoms with Crippen LogP contribution in [-0.2, 0) is 21.1 Å². The zero-order valence-electron chi connectivity index (χ0n) is 16.9. The fraction of sp³-hybridized carbons (Fsp3) is 0.429. The lowest BCUT2D eigenvalue weighted by Gasteiger charge is -2.33. The van der Waals surface area contributed by atoms with Crippen molar-refractivity contribution in [1.82, 2.24) is 9.88 Å². The minimum Gasteiger partial charge on any atom is -0.497 e. The Hall–Kier alpha value is -2.61. The third-order valence-corrected chi connectivity index (χ3v) is 6.33. The molecule has 1 saturated heterocycles. The summed E-state index contributed by atoms with van der Waals surface area (Å²) in [6.07, 6.45) is 4.58. The smallest absolute Gasteiger partial charge is 0.227 e. The van der Waals surface area contributed by atoms with Crippen molar-refractivity contribution in [3.8, 4) is 11.5 Å². The number of sulfone groups is 1. The molecule has 1 amide bonds. The van der Waals surface area contributed by atoms with E-state index in [0.717, 1.165) is 18.4 Å². The van der Waals surface area contributed by atoms with Gasteiger partial charge >= 0.3 is 0 Å². The molecule has 8 heteroatoms. The standard InChI is InChI=1S/C21H26N2O5S/c1-27-17-8-9-18(28-2)16(12-17)13-20(24)23-11-5-6-15(14-23)21-19(29(3,25)26)7-4-10-22-21/h4,7-10,12,15H,5-6,11,13-14H2,1-3H3. The Labute approximate surface area is 171 Å². The van der Waals surface area contributed by atoms with Crippen LogP contribution in [0.15, 0.2) is 41.4 Å². The number of likely N-dealkylation sites (tertiary alicyclic amines) is 1. The maximum atomic E-state index is 13.0. The van der Waals surface area contributed by atoms with Gasteiger partial charge in [0.2, 0.25) is 5.91 Å². The van der Waals surface area contributed by atoms with Crippen LogP contribution in [0.1, 0.15) is 30.0 Å². The molecule has 0 spiro atoms. The molecule has 1 aromatic carbocycles. The Morgan fingerprint density at radius 3 is 2.72 bits per heavy atom. The van der Waals surface area contributed by atoms with Crippen molar-refractivity contribution in [2.45, 2.75) is 30.1 Å². The molecule has 1 aromatic heterocycles. The average Bonchev–Trinajstić information content (AvgIpc) is 2.73. The Kier molecular flexibility index (Phi) is 6.42. The van der Waals surface area contributed by atoms with Crippen molar-refractivity contribution in [3.05, 3.63) is 47.8 Å². The van der Waals surface area contributed by atoms with Crippen LogP contribution in [-0.4, -0.2) is 57.8 Å². The molecule has 2 heterocycles. The van der Waals surface area contributed by atoms with Gasteiger partial charge in [-0.25, -0.2) is 8.42 Å². The van der Waals surface area contributed by atoms with E-state index < -0.39 is 9.84 Å². The van der Waals surface area contributed by atoms with Gasteiger partial charge in [-0.2, -0.15) is 0 Å². The molecule has 1 unspecified atom stereocenters. The van der Waals surface area contributed by atoms with Crippen LogP contribution >= 0.6 is 0 Å². The van der Waals surface area contributed by atoms with Gasteiger partial charge in [-0.15, -0.1) is 0 Å². The van der Waals surface area contributed by atoms with Gasteiger partial charge in [0.05, 0.1) is 31.2 Å². The van der Waals surface area contributed by atoms with Crippen LogP contribution in [0, 0.1) is 0 Å². The van der Waals surface area contributed by atoms with Crippen molar-refractivity contribution < 1.29 is 22.7 Å². The van der Waals surface area contributed by atoms with E-state index in [1.165, 1.54) is 6.26 Å². The Balaban J connectivity index is 1.79. The van der Waals surface area contributed by atoms with Crippen LogP contribution in [0.2, 0.25) is 0 Å². The minimum atomic E-state index is -3.38. The van der Waals surface area contributed by atoms with Gasteiger partial charge in [-0.3, -0.25) is 9.78 Å². The molecular formula is C21H26N2O5S. The van der Waals surface area contributed by atoms with E-state index in [4.69, 9.17) is 9.47 Å². The molecule has 1 aliphatic rings. The maximum absolute atomic E-state index is 13.0. The Bertz CT molecular complexity index is 990. The summed E-state index contributed by atoms with van der Waals surface area (Å²) in [6, 6.07) is 8.59. The van der Waals surface area contributed by atoms with Gasteiger partial charge in [0.1, 0.15) is 11.5 Å². The van der Waals surface area contributed by atoms with Crippen molar-refractivity contribution in [2.24, 2.45) is 0 Å². The predicted molar refractivity (Wildman–Crippen MR) is 109 cm³/mol. The fourth-order valence-corrected chi connectivity index (χ4v) is 4.67. The molecule has 1 aliphatic heterocycles. The Morgan fingerprint density at radius 2 is 2.03 bits per heavy atom. The monoisotopic (exact) mass is 418 g/mol. The van der Waals surface area contributed by atoms with Crippen molar-refractivity contribution >= 4 is 15.7 Å². The number of ether oxygens (including phenoxy) is 2. The molecule has 0 bridgehead atoms. The summed E-state index contributed by atoms with van der Waals surface area (Å²) < 4.78 is 34.9. The van der Waals surface area contributed by atoms with E-state index >= 15 is 0 Å². The summed E-state index contributed by atoms with van der Waals surface area (Å²) in [5.41, 5.74) is 1.31.